The number of amides is 1. The molecule has 0 aromatic heterocycles. The number of hydrogen-bond acceptors (Lipinski definition) is 5. The molecule has 88 valence electrons. The Morgan fingerprint density at radius 1 is 1.53 bits per heavy atom. The first-order chi connectivity index (χ1) is 7.99. The highest BCUT2D eigenvalue weighted by atomic mass is 79.9. The fourth-order valence-electron chi connectivity index (χ4n) is 1.26. The Hall–Kier alpha value is -0.890. The molecule has 0 spiro atoms. The summed E-state index contributed by atoms with van der Waals surface area (Å²) in [6, 6.07) is 4.80. The molecule has 1 amide bonds. The molecule has 1 aliphatic heterocycles. The zero-order valence-electron chi connectivity index (χ0n) is 8.38. The Morgan fingerprint density at radius 3 is 2.82 bits per heavy atom. The third kappa shape index (κ3) is 2.52. The third-order valence-electron chi connectivity index (χ3n) is 2.09. The first-order valence-corrected chi connectivity index (χ1v) is 6.52. The average molecular weight is 331 g/mol. The van der Waals surface area contributed by atoms with Crippen molar-refractivity contribution in [3.05, 3.63) is 33.1 Å². The lowest BCUT2D eigenvalue weighted by atomic mass is 10.2. The van der Waals surface area contributed by atoms with Crippen molar-refractivity contribution in [2.75, 3.05) is 0 Å². The zero-order chi connectivity index (χ0) is 12.6. The second-order valence-corrected chi connectivity index (χ2v) is 5.79. The van der Waals surface area contributed by atoms with Crippen molar-refractivity contribution in [1.82, 2.24) is 5.01 Å². The third-order valence-corrected chi connectivity index (χ3v) is 4.14. The number of nitrogens with two attached hydrogens (primary N) is 1. The number of phenols is 1. The van der Waals surface area contributed by atoms with E-state index in [4.69, 9.17) is 18.1 Å². The van der Waals surface area contributed by atoms with Gasteiger partial charge in [-0.2, -0.15) is 0 Å². The number of carbonyl (C=O) groups is 1. The van der Waals surface area contributed by atoms with Crippen LogP contribution in [0.2, 0.25) is 0 Å². The molecule has 0 bridgehead atoms. The van der Waals surface area contributed by atoms with Crippen LogP contribution in [-0.2, 0) is 4.79 Å². The summed E-state index contributed by atoms with van der Waals surface area (Å²) >= 11 is 9.38. The summed E-state index contributed by atoms with van der Waals surface area (Å²) in [5.74, 6) is 5.24. The first kappa shape index (κ1) is 12.6. The number of benzene rings is 1. The zero-order valence-corrected chi connectivity index (χ0v) is 11.6. The highest BCUT2D eigenvalue weighted by Gasteiger charge is 2.29. The Morgan fingerprint density at radius 2 is 2.24 bits per heavy atom. The molecule has 17 heavy (non-hydrogen) atoms. The van der Waals surface area contributed by atoms with Gasteiger partial charge in [0.1, 0.15) is 5.75 Å². The van der Waals surface area contributed by atoms with Crippen molar-refractivity contribution in [1.29, 1.82) is 0 Å². The molecule has 0 unspecified atom stereocenters. The number of thioether (sulfide) groups is 1. The maximum Gasteiger partial charge on any atom is 0.280 e. The van der Waals surface area contributed by atoms with Crippen LogP contribution in [0.25, 0.3) is 6.08 Å². The maximum absolute atomic E-state index is 11.7. The summed E-state index contributed by atoms with van der Waals surface area (Å²) in [7, 11) is 0. The topological polar surface area (TPSA) is 66.6 Å². The van der Waals surface area contributed by atoms with Gasteiger partial charge in [-0.3, -0.25) is 4.79 Å². The van der Waals surface area contributed by atoms with E-state index >= 15 is 0 Å². The standard InChI is InChI=1S/C10H7BrN2O2S2/c11-7-2-1-6(14)3-5(7)4-8-9(15)13(12)10(16)17-8/h1-4,14H,12H2/b8-4-. The fraction of sp³-hybridized carbons (Fsp3) is 0. The molecule has 1 fully saturated rings. The highest BCUT2D eigenvalue weighted by Crippen LogP contribution is 2.32. The van der Waals surface area contributed by atoms with Crippen molar-refractivity contribution in [3.8, 4) is 5.75 Å². The van der Waals surface area contributed by atoms with Gasteiger partial charge in [0.25, 0.3) is 5.91 Å². The summed E-state index contributed by atoms with van der Waals surface area (Å²) in [6.07, 6.45) is 1.63. The molecule has 1 aliphatic rings. The quantitative estimate of drug-likeness (QED) is 0.358. The van der Waals surface area contributed by atoms with E-state index in [1.54, 1.807) is 24.3 Å². The number of hydrazine groups is 1. The lowest BCUT2D eigenvalue weighted by Gasteiger charge is -2.03. The van der Waals surface area contributed by atoms with Gasteiger partial charge in [-0.1, -0.05) is 39.9 Å². The molecule has 1 heterocycles. The summed E-state index contributed by atoms with van der Waals surface area (Å²) < 4.78 is 1.09. The Labute approximate surface area is 116 Å². The number of phenolic OH excluding ortho intramolecular Hbond substituents is 1. The van der Waals surface area contributed by atoms with Crippen LogP contribution in [0.4, 0.5) is 0 Å². The van der Waals surface area contributed by atoms with Gasteiger partial charge >= 0.3 is 0 Å². The van der Waals surface area contributed by atoms with E-state index in [-0.39, 0.29) is 11.7 Å². The first-order valence-electron chi connectivity index (χ1n) is 4.50. The lowest BCUT2D eigenvalue weighted by Crippen LogP contribution is -2.34. The van der Waals surface area contributed by atoms with Crippen LogP contribution in [-0.4, -0.2) is 20.3 Å². The molecule has 7 heteroatoms. The van der Waals surface area contributed by atoms with Gasteiger partial charge in [0.15, 0.2) is 4.32 Å². The molecule has 0 radical (unpaired) electrons. The number of hydrogen-bond donors (Lipinski definition) is 2. The number of carbonyl (C=O) groups excluding carboxylic acids is 1. The Balaban J connectivity index is 2.40. The van der Waals surface area contributed by atoms with Gasteiger partial charge in [0.2, 0.25) is 0 Å². The van der Waals surface area contributed by atoms with Crippen LogP contribution in [0.1, 0.15) is 5.56 Å². The van der Waals surface area contributed by atoms with Crippen molar-refractivity contribution < 1.29 is 9.90 Å². The fourth-order valence-corrected chi connectivity index (χ4v) is 2.72. The van der Waals surface area contributed by atoms with Gasteiger partial charge in [0, 0.05) is 4.47 Å². The van der Waals surface area contributed by atoms with Gasteiger partial charge in [0.05, 0.1) is 4.91 Å². The highest BCUT2D eigenvalue weighted by molar-refractivity contribution is 9.10. The predicted molar refractivity (Wildman–Crippen MR) is 75.0 cm³/mol. The Kier molecular flexibility index (Phi) is 3.53. The monoisotopic (exact) mass is 330 g/mol. The van der Waals surface area contributed by atoms with E-state index in [9.17, 15) is 9.90 Å². The molecule has 4 nitrogen and oxygen atoms in total. The number of halogens is 1. The van der Waals surface area contributed by atoms with E-state index < -0.39 is 0 Å². The minimum absolute atomic E-state index is 0.127. The number of aromatic hydroxyl groups is 1. The molecule has 0 atom stereocenters. The lowest BCUT2D eigenvalue weighted by molar-refractivity contribution is -0.122. The molecule has 1 aromatic rings. The summed E-state index contributed by atoms with van der Waals surface area (Å²) in [5, 5.41) is 10.3. The molecule has 2 rings (SSSR count). The molecular formula is C10H7BrN2O2S2. The van der Waals surface area contributed by atoms with Crippen molar-refractivity contribution in [2.45, 2.75) is 0 Å². The minimum atomic E-state index is -0.338. The van der Waals surface area contributed by atoms with E-state index in [1.165, 1.54) is 0 Å². The minimum Gasteiger partial charge on any atom is -0.508 e. The van der Waals surface area contributed by atoms with E-state index in [0.717, 1.165) is 21.2 Å². The van der Waals surface area contributed by atoms with Crippen molar-refractivity contribution >= 4 is 56.2 Å². The SMILES string of the molecule is NN1C(=O)/C(=C/c2cc(O)ccc2Br)SC1=S. The van der Waals surface area contributed by atoms with Crippen LogP contribution in [0, 0.1) is 0 Å². The summed E-state index contributed by atoms with van der Waals surface area (Å²) in [5.41, 5.74) is 0.693. The number of rotatable bonds is 1. The van der Waals surface area contributed by atoms with Crippen LogP contribution in [0.3, 0.4) is 0 Å². The van der Waals surface area contributed by atoms with E-state index in [1.807, 2.05) is 0 Å². The summed E-state index contributed by atoms with van der Waals surface area (Å²) in [4.78, 5) is 12.1. The van der Waals surface area contributed by atoms with E-state index in [2.05, 4.69) is 15.9 Å². The van der Waals surface area contributed by atoms with Gasteiger partial charge in [-0.25, -0.2) is 10.9 Å². The number of nitrogens with zero attached hydrogens (tertiary/aromatic N) is 1. The van der Waals surface area contributed by atoms with Gasteiger partial charge in [-0.05, 0) is 29.8 Å². The van der Waals surface area contributed by atoms with Gasteiger partial charge < -0.3 is 5.11 Å². The van der Waals surface area contributed by atoms with Crippen LogP contribution in [0.15, 0.2) is 27.6 Å². The smallest absolute Gasteiger partial charge is 0.280 e. The average Bonchev–Trinajstić information content (AvgIpc) is 2.52. The van der Waals surface area contributed by atoms with Crippen LogP contribution >= 0.6 is 39.9 Å². The predicted octanol–water partition coefficient (Wildman–Crippen LogP) is 2.23. The van der Waals surface area contributed by atoms with Crippen molar-refractivity contribution in [3.63, 3.8) is 0 Å². The summed E-state index contributed by atoms with van der Waals surface area (Å²) in [6.45, 7) is 0. The molecular weight excluding hydrogens is 324 g/mol. The van der Waals surface area contributed by atoms with Crippen LogP contribution < -0.4 is 5.84 Å². The van der Waals surface area contributed by atoms with Gasteiger partial charge in [-0.15, -0.1) is 0 Å². The molecule has 1 saturated heterocycles. The number of thiocarbonyl (C=S) groups is 1. The molecule has 0 aliphatic carbocycles. The second kappa shape index (κ2) is 4.77. The van der Waals surface area contributed by atoms with E-state index in [0.29, 0.717) is 14.8 Å². The van der Waals surface area contributed by atoms with Crippen molar-refractivity contribution in [2.24, 2.45) is 5.84 Å². The maximum atomic E-state index is 11.7. The normalized spacial score (nSPS) is 18.2. The largest absolute Gasteiger partial charge is 0.508 e. The molecule has 3 N–H and O–H groups in total. The van der Waals surface area contributed by atoms with Crippen LogP contribution in [0.5, 0.6) is 5.75 Å². The molecule has 1 aromatic carbocycles. The Bertz CT molecular complexity index is 545. The second-order valence-electron chi connectivity index (χ2n) is 3.26. The molecule has 0 saturated carbocycles.